The van der Waals surface area contributed by atoms with Crippen molar-refractivity contribution in [3.63, 3.8) is 0 Å². The number of nitrogens with zero attached hydrogens (tertiary/aromatic N) is 1. The molecule has 4 bridgehead atoms. The Morgan fingerprint density at radius 1 is 1.21 bits per heavy atom. The molecule has 1 unspecified atom stereocenters. The van der Waals surface area contributed by atoms with E-state index in [9.17, 15) is 20.0 Å². The van der Waals surface area contributed by atoms with Crippen molar-refractivity contribution in [3.8, 4) is 5.75 Å². The van der Waals surface area contributed by atoms with E-state index in [4.69, 9.17) is 9.47 Å². The summed E-state index contributed by atoms with van der Waals surface area (Å²) in [6.45, 7) is 4.49. The van der Waals surface area contributed by atoms with Crippen LogP contribution in [-0.4, -0.2) is 28.9 Å². The molecule has 5 rings (SSSR count). The van der Waals surface area contributed by atoms with Crippen molar-refractivity contribution in [2.45, 2.75) is 58.7 Å². The molecule has 29 heavy (non-hydrogen) atoms. The normalized spacial score (nSPS) is 31.1. The summed E-state index contributed by atoms with van der Waals surface area (Å²) in [7, 11) is 0. The lowest BCUT2D eigenvalue weighted by Gasteiger charge is -2.56. The number of aromatic carboxylic acids is 1. The van der Waals surface area contributed by atoms with Crippen LogP contribution < -0.4 is 4.74 Å². The van der Waals surface area contributed by atoms with Crippen molar-refractivity contribution in [1.29, 1.82) is 0 Å². The number of carboxylic acids is 1. The molecule has 7 nitrogen and oxygen atoms in total. The average Bonchev–Trinajstić information content (AvgIpc) is 2.63. The Labute approximate surface area is 170 Å². The molecule has 158 valence electrons. The highest BCUT2D eigenvalue weighted by Gasteiger charge is 2.51. The van der Waals surface area contributed by atoms with Gasteiger partial charge in [0.05, 0.1) is 17.1 Å². The van der Waals surface area contributed by atoms with Gasteiger partial charge in [0.25, 0.3) is 0 Å². The summed E-state index contributed by atoms with van der Waals surface area (Å²) in [5.41, 5.74) is -0.0895. The molecule has 1 aromatic carbocycles. The Balaban J connectivity index is 1.50. The van der Waals surface area contributed by atoms with Crippen molar-refractivity contribution >= 4 is 11.7 Å². The molecule has 0 heterocycles. The number of hydrogen-bond acceptors (Lipinski definition) is 5. The quantitative estimate of drug-likeness (QED) is 0.377. The average molecular weight is 403 g/mol. The number of benzene rings is 1. The molecular weight excluding hydrogens is 374 g/mol. The van der Waals surface area contributed by atoms with Gasteiger partial charge in [0.15, 0.2) is 0 Å². The molecule has 1 atom stereocenters. The molecular formula is C22H29NO6. The molecule has 4 fully saturated rings. The minimum atomic E-state index is -1.15. The highest BCUT2D eigenvalue weighted by molar-refractivity contribution is 5.88. The first-order valence-electron chi connectivity index (χ1n) is 10.5. The lowest BCUT2D eigenvalue weighted by atomic mass is 9.50. The summed E-state index contributed by atoms with van der Waals surface area (Å²) in [5, 5.41) is 20.6. The number of carbonyl (C=O) groups is 1. The van der Waals surface area contributed by atoms with E-state index in [0.717, 1.165) is 17.8 Å². The maximum absolute atomic E-state index is 11.4. The Morgan fingerprint density at radius 3 is 2.28 bits per heavy atom. The Kier molecular flexibility index (Phi) is 5.27. The number of ether oxygens (including phenoxy) is 2. The molecule has 4 aliphatic carbocycles. The number of nitro benzene ring substituents is 1. The Bertz CT molecular complexity index is 769. The second-order valence-corrected chi connectivity index (χ2v) is 9.70. The summed E-state index contributed by atoms with van der Waals surface area (Å²) in [6, 6.07) is 3.60. The zero-order chi connectivity index (χ0) is 20.8. The third kappa shape index (κ3) is 4.10. The minimum Gasteiger partial charge on any atom is -0.478 e. The third-order valence-electron chi connectivity index (χ3n) is 6.91. The smallest absolute Gasteiger partial charge is 0.335 e. The molecule has 1 N–H and O–H groups in total. The maximum Gasteiger partial charge on any atom is 0.335 e. The van der Waals surface area contributed by atoms with Crippen LogP contribution in [0.4, 0.5) is 5.69 Å². The van der Waals surface area contributed by atoms with Gasteiger partial charge in [-0.15, -0.1) is 0 Å². The lowest BCUT2D eigenvalue weighted by Crippen LogP contribution is -2.49. The molecule has 0 aromatic heterocycles. The van der Waals surface area contributed by atoms with E-state index in [1.807, 2.05) is 13.8 Å². The number of nitro groups is 1. The van der Waals surface area contributed by atoms with Crippen LogP contribution in [0, 0.1) is 39.2 Å². The molecule has 4 aliphatic rings. The number of rotatable bonds is 8. The van der Waals surface area contributed by atoms with Crippen LogP contribution in [0.5, 0.6) is 5.75 Å². The zero-order valence-corrected chi connectivity index (χ0v) is 17.0. The van der Waals surface area contributed by atoms with Gasteiger partial charge in [-0.25, -0.2) is 4.79 Å². The molecule has 0 aliphatic heterocycles. The van der Waals surface area contributed by atoms with Crippen LogP contribution in [0.3, 0.4) is 0 Å². The van der Waals surface area contributed by atoms with Gasteiger partial charge >= 0.3 is 11.7 Å². The van der Waals surface area contributed by atoms with Crippen molar-refractivity contribution in [2.24, 2.45) is 29.1 Å². The number of carboxylic acid groups (broad SMARTS) is 1. The lowest BCUT2D eigenvalue weighted by molar-refractivity contribution is -0.386. The molecule has 4 saturated carbocycles. The van der Waals surface area contributed by atoms with E-state index in [1.54, 1.807) is 0 Å². The van der Waals surface area contributed by atoms with E-state index in [0.29, 0.717) is 6.61 Å². The first-order valence-corrected chi connectivity index (χ1v) is 10.5. The zero-order valence-electron chi connectivity index (χ0n) is 17.0. The van der Waals surface area contributed by atoms with Gasteiger partial charge in [-0.1, -0.05) is 13.8 Å². The fourth-order valence-corrected chi connectivity index (χ4v) is 6.11. The van der Waals surface area contributed by atoms with E-state index < -0.39 is 17.2 Å². The monoisotopic (exact) mass is 403 g/mol. The van der Waals surface area contributed by atoms with Gasteiger partial charge in [0.1, 0.15) is 0 Å². The fraction of sp³-hybridized carbons (Fsp3) is 0.682. The summed E-state index contributed by atoms with van der Waals surface area (Å²) in [4.78, 5) is 22.1. The van der Waals surface area contributed by atoms with Crippen molar-refractivity contribution in [1.82, 2.24) is 0 Å². The van der Waals surface area contributed by atoms with Crippen LogP contribution in [-0.2, 0) is 4.74 Å². The van der Waals surface area contributed by atoms with Crippen molar-refractivity contribution < 1.29 is 24.3 Å². The van der Waals surface area contributed by atoms with E-state index in [-0.39, 0.29) is 28.3 Å². The first-order chi connectivity index (χ1) is 13.7. The van der Waals surface area contributed by atoms with E-state index in [2.05, 4.69) is 0 Å². The molecule has 0 amide bonds. The van der Waals surface area contributed by atoms with Crippen LogP contribution in [0.25, 0.3) is 0 Å². The highest BCUT2D eigenvalue weighted by atomic mass is 16.7. The molecule has 1 aromatic rings. The molecule has 0 spiro atoms. The van der Waals surface area contributed by atoms with E-state index in [1.165, 1.54) is 56.7 Å². The second kappa shape index (κ2) is 7.59. The summed E-state index contributed by atoms with van der Waals surface area (Å²) in [5.74, 6) is 1.21. The molecule has 0 saturated heterocycles. The standard InChI is InChI=1S/C22H29NO6/c1-13(2)21(29-19-8-17(20(24)25)3-4-18(19)23(26)27)28-12-22-9-14-5-15(10-22)7-16(6-14)11-22/h3-4,8,13-16,21H,5-7,9-12H2,1-2H3,(H,24,25). The van der Waals surface area contributed by atoms with Crippen LogP contribution >= 0.6 is 0 Å². The van der Waals surface area contributed by atoms with Crippen LogP contribution in [0.1, 0.15) is 62.7 Å². The summed E-state index contributed by atoms with van der Waals surface area (Å²) >= 11 is 0. The van der Waals surface area contributed by atoms with Gasteiger partial charge in [-0.2, -0.15) is 0 Å². The maximum atomic E-state index is 11.4. The van der Waals surface area contributed by atoms with E-state index >= 15 is 0 Å². The van der Waals surface area contributed by atoms with Gasteiger partial charge < -0.3 is 14.6 Å². The predicted octanol–water partition coefficient (Wildman–Crippen LogP) is 4.89. The summed E-state index contributed by atoms with van der Waals surface area (Å²) < 4.78 is 12.1. The molecule has 7 heteroatoms. The largest absolute Gasteiger partial charge is 0.478 e. The summed E-state index contributed by atoms with van der Waals surface area (Å²) in [6.07, 6.45) is 7.04. The van der Waals surface area contributed by atoms with Gasteiger partial charge in [0, 0.05) is 18.1 Å². The SMILES string of the molecule is CC(C)C(OCC12CC3CC(CC(C3)C1)C2)Oc1cc(C(=O)O)ccc1[N+](=O)[O-]. The van der Waals surface area contributed by atoms with Gasteiger partial charge in [0.2, 0.25) is 12.0 Å². The van der Waals surface area contributed by atoms with Crippen molar-refractivity contribution in [2.75, 3.05) is 6.61 Å². The Hall–Kier alpha value is -2.15. The minimum absolute atomic E-state index is 0.0306. The predicted molar refractivity (Wildman–Crippen MR) is 106 cm³/mol. The number of hydrogen-bond donors (Lipinski definition) is 1. The topological polar surface area (TPSA) is 98.9 Å². The van der Waals surface area contributed by atoms with Crippen LogP contribution in [0.15, 0.2) is 18.2 Å². The fourth-order valence-electron chi connectivity index (χ4n) is 6.11. The van der Waals surface area contributed by atoms with Gasteiger partial charge in [-0.05, 0) is 67.8 Å². The van der Waals surface area contributed by atoms with Gasteiger partial charge in [-0.3, -0.25) is 10.1 Å². The third-order valence-corrected chi connectivity index (χ3v) is 6.91. The first kappa shape index (κ1) is 20.1. The highest BCUT2D eigenvalue weighted by Crippen LogP contribution is 2.60. The second-order valence-electron chi connectivity index (χ2n) is 9.70. The molecule has 0 radical (unpaired) electrons. The van der Waals surface area contributed by atoms with Crippen LogP contribution in [0.2, 0.25) is 0 Å². The Morgan fingerprint density at radius 2 is 1.79 bits per heavy atom. The van der Waals surface area contributed by atoms with Crippen molar-refractivity contribution in [3.05, 3.63) is 33.9 Å².